The Morgan fingerprint density at radius 1 is 1.48 bits per heavy atom. The first kappa shape index (κ1) is 17.2. The van der Waals surface area contributed by atoms with Crippen LogP contribution in [0.1, 0.15) is 25.5 Å². The molecule has 0 radical (unpaired) electrons. The number of piperidine rings is 1. The van der Waals surface area contributed by atoms with E-state index < -0.39 is 10.2 Å². The first-order valence-corrected chi connectivity index (χ1v) is 10.5. The smallest absolute Gasteiger partial charge is 0.235 e. The first-order valence-electron chi connectivity index (χ1n) is 7.19. The molecule has 120 valence electrons. The summed E-state index contributed by atoms with van der Waals surface area (Å²) < 4.78 is 28.6. The molecule has 1 aromatic rings. The second kappa shape index (κ2) is 7.41. The van der Waals surface area contributed by atoms with Gasteiger partial charge in [0, 0.05) is 43.5 Å². The van der Waals surface area contributed by atoms with Crippen LogP contribution < -0.4 is 0 Å². The van der Waals surface area contributed by atoms with Gasteiger partial charge in [-0.05, 0) is 25.7 Å². The van der Waals surface area contributed by atoms with E-state index in [0.29, 0.717) is 25.6 Å². The number of hydrogen-bond acceptors (Lipinski definition) is 5. The van der Waals surface area contributed by atoms with E-state index in [9.17, 15) is 8.42 Å². The molecule has 0 aliphatic carbocycles. The standard InChI is InChI=1S/C13H23N3O2S3/c1-4-15(3)21(17,18)16-7-5-12(6-8-16)10-20-13-14-11(2)9-19-13/h9,12H,4-8,10H2,1-3H3. The largest absolute Gasteiger partial charge is 0.281 e. The lowest BCUT2D eigenvalue weighted by atomic mass is 10.0. The summed E-state index contributed by atoms with van der Waals surface area (Å²) in [5.74, 6) is 1.61. The minimum Gasteiger partial charge on any atom is -0.235 e. The van der Waals surface area contributed by atoms with Crippen molar-refractivity contribution in [1.82, 2.24) is 13.6 Å². The average molecular weight is 350 g/mol. The van der Waals surface area contributed by atoms with E-state index in [-0.39, 0.29) is 0 Å². The normalized spacial score (nSPS) is 18.5. The lowest BCUT2D eigenvalue weighted by Crippen LogP contribution is -2.45. The lowest BCUT2D eigenvalue weighted by Gasteiger charge is -2.33. The van der Waals surface area contributed by atoms with Crippen molar-refractivity contribution in [2.75, 3.05) is 32.4 Å². The summed E-state index contributed by atoms with van der Waals surface area (Å²) in [7, 11) is -1.61. The van der Waals surface area contributed by atoms with E-state index in [1.165, 1.54) is 4.31 Å². The van der Waals surface area contributed by atoms with Gasteiger partial charge in [-0.3, -0.25) is 0 Å². The molecule has 1 fully saturated rings. The molecule has 0 atom stereocenters. The first-order chi connectivity index (χ1) is 9.93. The summed E-state index contributed by atoms with van der Waals surface area (Å²) in [6.07, 6.45) is 1.88. The molecule has 2 rings (SSSR count). The van der Waals surface area contributed by atoms with Gasteiger partial charge in [0.15, 0.2) is 0 Å². The summed E-state index contributed by atoms with van der Waals surface area (Å²) in [5.41, 5.74) is 1.08. The Kier molecular flexibility index (Phi) is 6.07. The summed E-state index contributed by atoms with van der Waals surface area (Å²) in [6.45, 7) is 5.65. The topological polar surface area (TPSA) is 53.5 Å². The Morgan fingerprint density at radius 3 is 2.67 bits per heavy atom. The van der Waals surface area contributed by atoms with Gasteiger partial charge < -0.3 is 0 Å². The Morgan fingerprint density at radius 2 is 2.14 bits per heavy atom. The average Bonchev–Trinajstić information content (AvgIpc) is 2.90. The molecule has 1 aliphatic heterocycles. The predicted octanol–water partition coefficient (Wildman–Crippen LogP) is 2.45. The maximum Gasteiger partial charge on any atom is 0.281 e. The van der Waals surface area contributed by atoms with Crippen LogP contribution in [0.2, 0.25) is 0 Å². The third kappa shape index (κ3) is 4.41. The van der Waals surface area contributed by atoms with Gasteiger partial charge in [-0.2, -0.15) is 17.0 Å². The molecule has 0 unspecified atom stereocenters. The van der Waals surface area contributed by atoms with Crippen LogP contribution in [0, 0.1) is 12.8 Å². The van der Waals surface area contributed by atoms with E-state index in [0.717, 1.165) is 28.6 Å². The predicted molar refractivity (Wildman–Crippen MR) is 89.1 cm³/mol. The van der Waals surface area contributed by atoms with Crippen LogP contribution in [0.15, 0.2) is 9.72 Å². The minimum absolute atomic E-state index is 0.515. The number of rotatable bonds is 6. The van der Waals surface area contributed by atoms with Crippen LogP contribution in [0.25, 0.3) is 0 Å². The number of nitrogens with zero attached hydrogens (tertiary/aromatic N) is 3. The number of thiazole rings is 1. The third-order valence-electron chi connectivity index (χ3n) is 3.78. The van der Waals surface area contributed by atoms with Gasteiger partial charge in [0.2, 0.25) is 0 Å². The Labute approximate surface area is 135 Å². The van der Waals surface area contributed by atoms with Crippen molar-refractivity contribution in [2.24, 2.45) is 5.92 Å². The quantitative estimate of drug-likeness (QED) is 0.740. The van der Waals surface area contributed by atoms with Gasteiger partial charge in [0.1, 0.15) is 4.34 Å². The van der Waals surface area contributed by atoms with E-state index in [2.05, 4.69) is 10.4 Å². The van der Waals surface area contributed by atoms with Gasteiger partial charge in [0.05, 0.1) is 0 Å². The molecular formula is C13H23N3O2S3. The zero-order valence-electron chi connectivity index (χ0n) is 12.8. The highest BCUT2D eigenvalue weighted by molar-refractivity contribution is 8.01. The van der Waals surface area contributed by atoms with Crippen LogP contribution in [0.3, 0.4) is 0 Å². The molecule has 0 bridgehead atoms. The maximum atomic E-state index is 12.2. The Hall–Kier alpha value is -0.150. The van der Waals surface area contributed by atoms with Crippen LogP contribution in [-0.2, 0) is 10.2 Å². The van der Waals surface area contributed by atoms with Gasteiger partial charge >= 0.3 is 0 Å². The summed E-state index contributed by atoms with van der Waals surface area (Å²) in [4.78, 5) is 4.45. The molecule has 0 spiro atoms. The van der Waals surface area contributed by atoms with E-state index >= 15 is 0 Å². The Balaban J connectivity index is 1.80. The van der Waals surface area contributed by atoms with Crippen LogP contribution >= 0.6 is 23.1 Å². The zero-order valence-corrected chi connectivity index (χ0v) is 15.2. The molecule has 5 nitrogen and oxygen atoms in total. The molecule has 1 saturated heterocycles. The summed E-state index contributed by atoms with van der Waals surface area (Å²) in [6, 6.07) is 0. The second-order valence-electron chi connectivity index (χ2n) is 5.33. The lowest BCUT2D eigenvalue weighted by molar-refractivity contribution is 0.274. The molecule has 2 heterocycles. The molecule has 21 heavy (non-hydrogen) atoms. The SMILES string of the molecule is CCN(C)S(=O)(=O)N1CCC(CSc2nc(C)cs2)CC1. The second-order valence-corrected chi connectivity index (χ2v) is 9.49. The van der Waals surface area contributed by atoms with Crippen molar-refractivity contribution in [3.05, 3.63) is 11.1 Å². The molecule has 0 amide bonds. The van der Waals surface area contributed by atoms with E-state index in [4.69, 9.17) is 0 Å². The minimum atomic E-state index is -3.25. The summed E-state index contributed by atoms with van der Waals surface area (Å²) in [5, 5.41) is 2.07. The molecular weight excluding hydrogens is 326 g/mol. The molecule has 0 aromatic carbocycles. The fraction of sp³-hybridized carbons (Fsp3) is 0.769. The van der Waals surface area contributed by atoms with Gasteiger partial charge in [-0.15, -0.1) is 11.3 Å². The molecule has 1 aliphatic rings. The van der Waals surface area contributed by atoms with Crippen molar-refractivity contribution >= 4 is 33.3 Å². The maximum absolute atomic E-state index is 12.2. The molecule has 0 saturated carbocycles. The zero-order chi connectivity index (χ0) is 15.5. The van der Waals surface area contributed by atoms with Crippen molar-refractivity contribution < 1.29 is 8.42 Å². The Bertz CT molecular complexity index is 551. The van der Waals surface area contributed by atoms with Gasteiger partial charge in [-0.25, -0.2) is 4.98 Å². The van der Waals surface area contributed by atoms with Crippen molar-refractivity contribution in [3.8, 4) is 0 Å². The van der Waals surface area contributed by atoms with E-state index in [1.54, 1.807) is 34.5 Å². The highest BCUT2D eigenvalue weighted by Gasteiger charge is 2.30. The number of hydrogen-bond donors (Lipinski definition) is 0. The van der Waals surface area contributed by atoms with E-state index in [1.807, 2.05) is 13.8 Å². The monoisotopic (exact) mass is 349 g/mol. The fourth-order valence-corrected chi connectivity index (χ4v) is 5.71. The third-order valence-corrected chi connectivity index (χ3v) is 8.21. The fourth-order valence-electron chi connectivity index (χ4n) is 2.25. The number of aromatic nitrogens is 1. The van der Waals surface area contributed by atoms with Gasteiger partial charge in [0.25, 0.3) is 10.2 Å². The van der Waals surface area contributed by atoms with Crippen LogP contribution in [0.5, 0.6) is 0 Å². The van der Waals surface area contributed by atoms with Crippen LogP contribution in [-0.4, -0.2) is 54.4 Å². The van der Waals surface area contributed by atoms with Gasteiger partial charge in [-0.1, -0.05) is 18.7 Å². The number of thioether (sulfide) groups is 1. The summed E-state index contributed by atoms with van der Waals surface area (Å²) >= 11 is 3.49. The number of aryl methyl sites for hydroxylation is 1. The molecule has 0 N–H and O–H groups in total. The molecule has 1 aromatic heterocycles. The molecule has 8 heteroatoms. The highest BCUT2D eigenvalue weighted by atomic mass is 32.2. The van der Waals surface area contributed by atoms with Crippen molar-refractivity contribution in [1.29, 1.82) is 0 Å². The van der Waals surface area contributed by atoms with Crippen LogP contribution in [0.4, 0.5) is 0 Å². The van der Waals surface area contributed by atoms with Crippen molar-refractivity contribution in [3.63, 3.8) is 0 Å². The highest BCUT2D eigenvalue weighted by Crippen LogP contribution is 2.29. The van der Waals surface area contributed by atoms with Crippen molar-refractivity contribution in [2.45, 2.75) is 31.0 Å².